The fourth-order valence-electron chi connectivity index (χ4n) is 3.56. The van der Waals surface area contributed by atoms with E-state index in [9.17, 15) is 9.59 Å². The van der Waals surface area contributed by atoms with Crippen LogP contribution >= 0.6 is 23.2 Å². The third kappa shape index (κ3) is 8.99. The number of methoxy groups -OCH3 is 4. The summed E-state index contributed by atoms with van der Waals surface area (Å²) < 4.78 is 27.2. The van der Waals surface area contributed by atoms with E-state index in [1.54, 1.807) is 27.4 Å². The minimum absolute atomic E-state index is 0.250. The van der Waals surface area contributed by atoms with Crippen LogP contribution in [0.4, 0.5) is 0 Å². The molecule has 2 rings (SSSR count). The lowest BCUT2D eigenvalue weighted by Gasteiger charge is -2.14. The van der Waals surface area contributed by atoms with Gasteiger partial charge in [-0.2, -0.15) is 0 Å². The molecule has 0 fully saturated rings. The first-order chi connectivity index (χ1) is 17.3. The monoisotopic (exact) mass is 541 g/mol. The second kappa shape index (κ2) is 15.3. The third-order valence-corrected chi connectivity index (χ3v) is 5.83. The van der Waals surface area contributed by atoms with Gasteiger partial charge in [-0.1, -0.05) is 35.7 Å². The Bertz CT molecular complexity index is 989. The lowest BCUT2D eigenvalue weighted by atomic mass is 10.0. The number of amides is 1. The zero-order valence-corrected chi connectivity index (χ0v) is 22.5. The summed E-state index contributed by atoms with van der Waals surface area (Å²) in [5, 5.41) is 2.62. The van der Waals surface area contributed by atoms with Crippen molar-refractivity contribution < 1.29 is 33.3 Å². The quantitative estimate of drug-likeness (QED) is 0.148. The molecule has 0 bridgehead atoms. The van der Waals surface area contributed by atoms with E-state index >= 15 is 0 Å². The molecule has 8 nitrogen and oxygen atoms in total. The zero-order chi connectivity index (χ0) is 26.5. The SMILES string of the molecule is COc1ccc(CCc2cc(OC)c(OC)c(OC)c2)cc1OC(=O)CCCCCNC(=O)C(Cl)Cl. The van der Waals surface area contributed by atoms with Crippen molar-refractivity contribution in [3.05, 3.63) is 41.5 Å². The number of carbonyl (C=O) groups is 2. The number of halogens is 2. The van der Waals surface area contributed by atoms with Crippen LogP contribution in [-0.4, -0.2) is 51.7 Å². The van der Waals surface area contributed by atoms with Gasteiger partial charge in [-0.15, -0.1) is 0 Å². The zero-order valence-electron chi connectivity index (χ0n) is 21.0. The highest BCUT2D eigenvalue weighted by Gasteiger charge is 2.15. The predicted molar refractivity (Wildman–Crippen MR) is 139 cm³/mol. The van der Waals surface area contributed by atoms with Crippen molar-refractivity contribution in [3.63, 3.8) is 0 Å². The van der Waals surface area contributed by atoms with E-state index in [1.165, 1.54) is 7.11 Å². The molecule has 0 aromatic heterocycles. The molecular weight excluding hydrogens is 509 g/mol. The van der Waals surface area contributed by atoms with Gasteiger partial charge in [0.05, 0.1) is 28.4 Å². The van der Waals surface area contributed by atoms with E-state index in [0.29, 0.717) is 61.0 Å². The summed E-state index contributed by atoms with van der Waals surface area (Å²) in [6.07, 6.45) is 3.74. The van der Waals surface area contributed by atoms with Gasteiger partial charge in [-0.3, -0.25) is 9.59 Å². The van der Waals surface area contributed by atoms with Gasteiger partial charge in [0.2, 0.25) is 5.75 Å². The van der Waals surface area contributed by atoms with Crippen LogP contribution in [0.3, 0.4) is 0 Å². The average molecular weight is 542 g/mol. The highest BCUT2D eigenvalue weighted by atomic mass is 35.5. The van der Waals surface area contributed by atoms with Gasteiger partial charge in [-0.25, -0.2) is 0 Å². The summed E-state index contributed by atoms with van der Waals surface area (Å²) in [6, 6.07) is 9.38. The minimum Gasteiger partial charge on any atom is -0.493 e. The van der Waals surface area contributed by atoms with Crippen molar-refractivity contribution in [2.45, 2.75) is 43.4 Å². The lowest BCUT2D eigenvalue weighted by Crippen LogP contribution is -2.29. The maximum absolute atomic E-state index is 12.4. The molecule has 10 heteroatoms. The van der Waals surface area contributed by atoms with Crippen molar-refractivity contribution >= 4 is 35.1 Å². The van der Waals surface area contributed by atoms with Crippen LogP contribution in [0.25, 0.3) is 0 Å². The van der Waals surface area contributed by atoms with Gasteiger partial charge in [0.25, 0.3) is 5.91 Å². The molecule has 2 aromatic carbocycles. The molecule has 198 valence electrons. The molecule has 0 saturated heterocycles. The lowest BCUT2D eigenvalue weighted by molar-refractivity contribution is -0.134. The summed E-state index contributed by atoms with van der Waals surface area (Å²) in [6.45, 7) is 0.450. The number of ether oxygens (including phenoxy) is 5. The number of aryl methyl sites for hydroxylation is 2. The molecule has 0 aliphatic heterocycles. The fourth-order valence-corrected chi connectivity index (χ4v) is 3.71. The van der Waals surface area contributed by atoms with Crippen molar-refractivity contribution in [1.29, 1.82) is 0 Å². The number of benzene rings is 2. The van der Waals surface area contributed by atoms with Gasteiger partial charge in [-0.05, 0) is 61.1 Å². The normalized spacial score (nSPS) is 10.6. The molecule has 0 radical (unpaired) electrons. The second-order valence-corrected chi connectivity index (χ2v) is 8.99. The first-order valence-electron chi connectivity index (χ1n) is 11.5. The molecule has 0 aliphatic carbocycles. The topological polar surface area (TPSA) is 92.3 Å². The third-order valence-electron chi connectivity index (χ3n) is 5.43. The number of hydrogen-bond donors (Lipinski definition) is 1. The molecule has 2 aromatic rings. The highest BCUT2D eigenvalue weighted by molar-refractivity contribution is 6.53. The van der Waals surface area contributed by atoms with Crippen LogP contribution < -0.4 is 29.0 Å². The summed E-state index contributed by atoms with van der Waals surface area (Å²) in [5.74, 6) is 1.84. The fraction of sp³-hybridized carbons (Fsp3) is 0.462. The van der Waals surface area contributed by atoms with E-state index in [1.807, 2.05) is 24.3 Å². The molecule has 0 heterocycles. The van der Waals surface area contributed by atoms with Crippen LogP contribution in [-0.2, 0) is 22.4 Å². The summed E-state index contributed by atoms with van der Waals surface area (Å²) >= 11 is 11.0. The van der Waals surface area contributed by atoms with Crippen LogP contribution in [0.2, 0.25) is 0 Å². The number of rotatable bonds is 15. The maximum Gasteiger partial charge on any atom is 0.311 e. The average Bonchev–Trinajstić information content (AvgIpc) is 2.88. The molecular formula is C26H33Cl2NO7. The van der Waals surface area contributed by atoms with Crippen molar-refractivity contribution in [1.82, 2.24) is 5.32 Å². The Labute approximate surface area is 222 Å². The van der Waals surface area contributed by atoms with Gasteiger partial charge >= 0.3 is 5.97 Å². The number of esters is 1. The Morgan fingerprint density at radius 3 is 1.97 bits per heavy atom. The maximum atomic E-state index is 12.4. The Hall–Kier alpha value is -2.84. The number of hydrogen-bond acceptors (Lipinski definition) is 7. The Morgan fingerprint density at radius 2 is 1.39 bits per heavy atom. The van der Waals surface area contributed by atoms with E-state index < -0.39 is 10.7 Å². The van der Waals surface area contributed by atoms with Crippen LogP contribution in [0.5, 0.6) is 28.7 Å². The largest absolute Gasteiger partial charge is 0.493 e. The highest BCUT2D eigenvalue weighted by Crippen LogP contribution is 2.38. The Kier molecular flexibility index (Phi) is 12.5. The van der Waals surface area contributed by atoms with E-state index in [4.69, 9.17) is 46.9 Å². The summed E-state index contributed by atoms with van der Waals surface area (Å²) in [7, 11) is 6.27. The molecule has 1 amide bonds. The molecule has 0 aliphatic rings. The predicted octanol–water partition coefficient (Wildman–Crippen LogP) is 4.89. The molecule has 0 spiro atoms. The Morgan fingerprint density at radius 1 is 0.778 bits per heavy atom. The second-order valence-electron chi connectivity index (χ2n) is 7.90. The number of unbranched alkanes of at least 4 members (excludes halogenated alkanes) is 2. The molecule has 0 saturated carbocycles. The Balaban J connectivity index is 1.93. The van der Waals surface area contributed by atoms with Gasteiger partial charge in [0, 0.05) is 13.0 Å². The number of carbonyl (C=O) groups excluding carboxylic acids is 2. The smallest absolute Gasteiger partial charge is 0.311 e. The first-order valence-corrected chi connectivity index (χ1v) is 12.4. The van der Waals surface area contributed by atoms with Crippen molar-refractivity contribution in [3.8, 4) is 28.7 Å². The molecule has 0 atom stereocenters. The van der Waals surface area contributed by atoms with Gasteiger partial charge in [0.1, 0.15) is 0 Å². The van der Waals surface area contributed by atoms with E-state index in [2.05, 4.69) is 5.32 Å². The summed E-state index contributed by atoms with van der Waals surface area (Å²) in [4.78, 5) is 22.6. The van der Waals surface area contributed by atoms with Gasteiger partial charge < -0.3 is 29.0 Å². The van der Waals surface area contributed by atoms with Crippen LogP contribution in [0.1, 0.15) is 36.8 Å². The molecule has 36 heavy (non-hydrogen) atoms. The minimum atomic E-state index is -1.08. The van der Waals surface area contributed by atoms with Crippen molar-refractivity contribution in [2.24, 2.45) is 0 Å². The number of nitrogens with one attached hydrogen (secondary N) is 1. The standard InChI is InChI=1S/C26H33Cl2NO7/c1-32-19-12-11-17(9-10-18-15-21(33-2)24(35-4)22(16-18)34-3)14-20(19)36-23(30)8-6-5-7-13-29-26(31)25(27)28/h11-12,14-16,25H,5-10,13H2,1-4H3,(H,29,31). The summed E-state index contributed by atoms with van der Waals surface area (Å²) in [5.41, 5.74) is 2.00. The molecule has 1 N–H and O–H groups in total. The molecule has 0 unspecified atom stereocenters. The van der Waals surface area contributed by atoms with Crippen LogP contribution in [0.15, 0.2) is 30.3 Å². The first kappa shape index (κ1) is 29.4. The number of alkyl halides is 2. The van der Waals surface area contributed by atoms with E-state index in [0.717, 1.165) is 17.5 Å². The van der Waals surface area contributed by atoms with Crippen molar-refractivity contribution in [2.75, 3.05) is 35.0 Å². The van der Waals surface area contributed by atoms with E-state index in [-0.39, 0.29) is 12.4 Å². The van der Waals surface area contributed by atoms with Crippen LogP contribution in [0, 0.1) is 0 Å². The van der Waals surface area contributed by atoms with Gasteiger partial charge in [0.15, 0.2) is 27.8 Å².